The van der Waals surface area contributed by atoms with Crippen molar-refractivity contribution in [1.82, 2.24) is 20.4 Å². The van der Waals surface area contributed by atoms with Gasteiger partial charge in [0.2, 0.25) is 11.7 Å². The molecule has 0 aromatic carbocycles. The second-order valence-corrected chi connectivity index (χ2v) is 5.95. The predicted molar refractivity (Wildman–Crippen MR) is 74.7 cm³/mol. The van der Waals surface area contributed by atoms with Gasteiger partial charge in [0, 0.05) is 17.2 Å². The van der Waals surface area contributed by atoms with Gasteiger partial charge in [-0.05, 0) is 54.4 Å². The van der Waals surface area contributed by atoms with E-state index < -0.39 is 0 Å². The number of piperidine rings is 1. The topological polar surface area (TPSA) is 63.8 Å². The first-order valence-electron chi connectivity index (χ1n) is 6.35. The summed E-state index contributed by atoms with van der Waals surface area (Å²) in [6.45, 7) is 4.09. The van der Waals surface area contributed by atoms with Gasteiger partial charge < -0.3 is 9.84 Å². The van der Waals surface area contributed by atoms with Crippen LogP contribution in [0.4, 0.5) is 0 Å². The number of nitrogens with one attached hydrogen (secondary N) is 1. The molecule has 1 aliphatic rings. The summed E-state index contributed by atoms with van der Waals surface area (Å²) < 4.78 is 6.32. The minimum Gasteiger partial charge on any atom is -0.338 e. The van der Waals surface area contributed by atoms with Crippen LogP contribution in [0, 0.1) is 0 Å². The molecule has 0 saturated carbocycles. The highest BCUT2D eigenvalue weighted by molar-refractivity contribution is 9.10. The first-order valence-corrected chi connectivity index (χ1v) is 7.14. The fraction of sp³-hybridized carbons (Fsp3) is 0.462. The SMILES string of the molecule is CC1(c2nc(-c3ncccc3Br)no2)CCCNC1. The van der Waals surface area contributed by atoms with Gasteiger partial charge in [0.05, 0.1) is 5.41 Å². The standard InChI is InChI=1S/C13H15BrN4O/c1-13(5-3-6-15-8-13)12-17-11(18-19-12)10-9(14)4-2-7-16-10/h2,4,7,15H,3,5-6,8H2,1H3. The smallest absolute Gasteiger partial charge is 0.234 e. The molecule has 6 heteroatoms. The normalized spacial score (nSPS) is 23.5. The minimum atomic E-state index is -0.0786. The third-order valence-corrected chi connectivity index (χ3v) is 4.15. The van der Waals surface area contributed by atoms with E-state index >= 15 is 0 Å². The van der Waals surface area contributed by atoms with Crippen LogP contribution in [0.1, 0.15) is 25.7 Å². The number of hydrogen-bond acceptors (Lipinski definition) is 5. The number of rotatable bonds is 2. The maximum atomic E-state index is 5.45. The van der Waals surface area contributed by atoms with Crippen molar-refractivity contribution >= 4 is 15.9 Å². The lowest BCUT2D eigenvalue weighted by molar-refractivity contribution is 0.245. The number of aromatic nitrogens is 3. The Balaban J connectivity index is 1.93. The van der Waals surface area contributed by atoms with E-state index in [1.165, 1.54) is 0 Å². The molecule has 1 atom stereocenters. The van der Waals surface area contributed by atoms with Crippen molar-refractivity contribution in [1.29, 1.82) is 0 Å². The molecule has 0 bridgehead atoms. The molecule has 2 aromatic heterocycles. The molecule has 3 rings (SSSR count). The van der Waals surface area contributed by atoms with Gasteiger partial charge in [0.1, 0.15) is 5.69 Å². The van der Waals surface area contributed by atoms with Gasteiger partial charge in [-0.15, -0.1) is 0 Å². The molecule has 0 amide bonds. The van der Waals surface area contributed by atoms with E-state index in [1.54, 1.807) is 6.20 Å². The van der Waals surface area contributed by atoms with E-state index in [0.29, 0.717) is 17.4 Å². The number of hydrogen-bond donors (Lipinski definition) is 1. The molecule has 19 heavy (non-hydrogen) atoms. The second kappa shape index (κ2) is 5.02. The summed E-state index contributed by atoms with van der Waals surface area (Å²) in [5.74, 6) is 1.22. The van der Waals surface area contributed by atoms with E-state index in [4.69, 9.17) is 4.52 Å². The Labute approximate surface area is 119 Å². The third kappa shape index (κ3) is 2.42. The highest BCUT2D eigenvalue weighted by atomic mass is 79.9. The highest BCUT2D eigenvalue weighted by Crippen LogP contribution is 2.31. The first kappa shape index (κ1) is 12.7. The summed E-state index contributed by atoms with van der Waals surface area (Å²) in [5.41, 5.74) is 0.634. The van der Waals surface area contributed by atoms with Gasteiger partial charge in [0.15, 0.2) is 0 Å². The van der Waals surface area contributed by atoms with Crippen LogP contribution in [0.5, 0.6) is 0 Å². The summed E-state index contributed by atoms with van der Waals surface area (Å²) in [4.78, 5) is 8.81. The Kier molecular flexibility index (Phi) is 3.36. The maximum absolute atomic E-state index is 5.45. The van der Waals surface area contributed by atoms with Gasteiger partial charge in [-0.1, -0.05) is 5.16 Å². The Hall–Kier alpha value is -1.27. The van der Waals surface area contributed by atoms with E-state index in [1.807, 2.05) is 12.1 Å². The fourth-order valence-electron chi connectivity index (χ4n) is 2.35. The predicted octanol–water partition coefficient (Wildman–Crippen LogP) is 2.54. The van der Waals surface area contributed by atoms with Gasteiger partial charge in [0.25, 0.3) is 0 Å². The van der Waals surface area contributed by atoms with Crippen LogP contribution in [0.2, 0.25) is 0 Å². The van der Waals surface area contributed by atoms with Crippen LogP contribution in [-0.4, -0.2) is 28.2 Å². The average molecular weight is 323 g/mol. The monoisotopic (exact) mass is 322 g/mol. The lowest BCUT2D eigenvalue weighted by Crippen LogP contribution is -2.41. The van der Waals surface area contributed by atoms with Gasteiger partial charge in [-0.2, -0.15) is 4.98 Å². The molecule has 0 spiro atoms. The van der Waals surface area contributed by atoms with Crippen molar-refractivity contribution in [2.24, 2.45) is 0 Å². The van der Waals surface area contributed by atoms with E-state index in [-0.39, 0.29) is 5.41 Å². The molecule has 2 aromatic rings. The van der Waals surface area contributed by atoms with Crippen LogP contribution in [0.3, 0.4) is 0 Å². The van der Waals surface area contributed by atoms with Crippen LogP contribution < -0.4 is 5.32 Å². The second-order valence-electron chi connectivity index (χ2n) is 5.10. The minimum absolute atomic E-state index is 0.0786. The largest absolute Gasteiger partial charge is 0.338 e. The Morgan fingerprint density at radius 1 is 1.47 bits per heavy atom. The highest BCUT2D eigenvalue weighted by Gasteiger charge is 2.34. The van der Waals surface area contributed by atoms with Crippen molar-refractivity contribution in [2.75, 3.05) is 13.1 Å². The Bertz CT molecular complexity index is 578. The molecule has 1 aliphatic heterocycles. The lowest BCUT2D eigenvalue weighted by atomic mass is 9.83. The van der Waals surface area contributed by atoms with Gasteiger partial charge >= 0.3 is 0 Å². The molecule has 0 aliphatic carbocycles. The van der Waals surface area contributed by atoms with Crippen molar-refractivity contribution in [3.63, 3.8) is 0 Å². The molecule has 100 valence electrons. The average Bonchev–Trinajstić information content (AvgIpc) is 2.90. The zero-order chi connectivity index (χ0) is 13.3. The summed E-state index contributed by atoms with van der Waals surface area (Å²) in [7, 11) is 0. The van der Waals surface area contributed by atoms with Crippen molar-refractivity contribution < 1.29 is 4.52 Å². The molecule has 3 heterocycles. The van der Waals surface area contributed by atoms with Crippen LogP contribution in [-0.2, 0) is 5.41 Å². The van der Waals surface area contributed by atoms with E-state index in [0.717, 1.165) is 30.4 Å². The molecule has 1 N–H and O–H groups in total. The van der Waals surface area contributed by atoms with E-state index in [9.17, 15) is 0 Å². The van der Waals surface area contributed by atoms with Crippen molar-refractivity contribution in [2.45, 2.75) is 25.2 Å². The van der Waals surface area contributed by atoms with Gasteiger partial charge in [-0.25, -0.2) is 0 Å². The summed E-state index contributed by atoms with van der Waals surface area (Å²) in [5, 5.41) is 7.44. The zero-order valence-electron chi connectivity index (χ0n) is 10.7. The van der Waals surface area contributed by atoms with Crippen LogP contribution in [0.15, 0.2) is 27.3 Å². The van der Waals surface area contributed by atoms with Crippen molar-refractivity contribution in [3.8, 4) is 11.5 Å². The maximum Gasteiger partial charge on any atom is 0.234 e. The molecule has 0 radical (unpaired) electrons. The third-order valence-electron chi connectivity index (χ3n) is 3.51. The molecule has 1 unspecified atom stereocenters. The number of nitrogens with zero attached hydrogens (tertiary/aromatic N) is 3. The quantitative estimate of drug-likeness (QED) is 0.920. The summed E-state index contributed by atoms with van der Waals surface area (Å²) >= 11 is 3.46. The first-order chi connectivity index (χ1) is 9.19. The molecule has 5 nitrogen and oxygen atoms in total. The van der Waals surface area contributed by atoms with E-state index in [2.05, 4.69) is 43.3 Å². The summed E-state index contributed by atoms with van der Waals surface area (Å²) in [6.07, 6.45) is 3.91. The Morgan fingerprint density at radius 2 is 2.37 bits per heavy atom. The van der Waals surface area contributed by atoms with Crippen molar-refractivity contribution in [3.05, 3.63) is 28.7 Å². The molecule has 1 fully saturated rings. The molecular weight excluding hydrogens is 308 g/mol. The fourth-order valence-corrected chi connectivity index (χ4v) is 2.79. The van der Waals surface area contributed by atoms with Gasteiger partial charge in [-0.3, -0.25) is 4.98 Å². The molecular formula is C13H15BrN4O. The Morgan fingerprint density at radius 3 is 3.11 bits per heavy atom. The lowest BCUT2D eigenvalue weighted by Gasteiger charge is -2.30. The molecule has 1 saturated heterocycles. The zero-order valence-corrected chi connectivity index (χ0v) is 12.3. The number of pyridine rings is 1. The number of halogens is 1. The van der Waals surface area contributed by atoms with Crippen LogP contribution >= 0.6 is 15.9 Å². The van der Waals surface area contributed by atoms with Crippen LogP contribution in [0.25, 0.3) is 11.5 Å². The summed E-state index contributed by atoms with van der Waals surface area (Å²) in [6, 6.07) is 3.78.